The fraction of sp³-hybridized carbons (Fsp3) is 0.370. The van der Waals surface area contributed by atoms with Gasteiger partial charge in [0.1, 0.15) is 30.4 Å². The van der Waals surface area contributed by atoms with Gasteiger partial charge < -0.3 is 39.6 Å². The molecule has 5 aromatic rings. The molecular weight excluding hydrogens is 821 g/mol. The van der Waals surface area contributed by atoms with Crippen LogP contribution in [0.25, 0.3) is 11.5 Å². The van der Waals surface area contributed by atoms with Crippen molar-refractivity contribution in [1.82, 2.24) is 40.3 Å². The van der Waals surface area contributed by atoms with Crippen molar-refractivity contribution in [1.29, 1.82) is 0 Å². The van der Waals surface area contributed by atoms with Gasteiger partial charge in [-0.1, -0.05) is 30.7 Å². The number of ether oxygens (including phenoxy) is 3. The van der Waals surface area contributed by atoms with E-state index in [-0.39, 0.29) is 62.3 Å². The molecule has 1 unspecified atom stereocenters. The van der Waals surface area contributed by atoms with Crippen molar-refractivity contribution in [3.8, 4) is 17.3 Å². The summed E-state index contributed by atoms with van der Waals surface area (Å²) in [7, 11) is 1.88. The van der Waals surface area contributed by atoms with Crippen molar-refractivity contribution in [3.05, 3.63) is 113 Å². The normalized spacial score (nSPS) is 15.1. The summed E-state index contributed by atoms with van der Waals surface area (Å²) >= 11 is 0. The van der Waals surface area contributed by atoms with Crippen LogP contribution >= 0.6 is 0 Å². The number of carbonyl (C=O) groups is 5. The molecule has 0 aliphatic carbocycles. The molecule has 0 radical (unpaired) electrons. The molecule has 0 bridgehead atoms. The molecule has 2 aliphatic heterocycles. The Morgan fingerprint density at radius 1 is 0.906 bits per heavy atom. The van der Waals surface area contributed by atoms with Gasteiger partial charge in [-0.05, 0) is 86.7 Å². The summed E-state index contributed by atoms with van der Waals surface area (Å²) in [5.41, 5.74) is 4.45. The Balaban J connectivity index is 0.731. The van der Waals surface area contributed by atoms with E-state index in [0.29, 0.717) is 66.1 Å². The van der Waals surface area contributed by atoms with Gasteiger partial charge >= 0.3 is 0 Å². The fourth-order valence-electron chi connectivity index (χ4n) is 7.47. The zero-order valence-electron chi connectivity index (χ0n) is 35.9. The van der Waals surface area contributed by atoms with Crippen LogP contribution in [0, 0.1) is 0 Å². The van der Waals surface area contributed by atoms with Crippen molar-refractivity contribution in [2.24, 2.45) is 7.05 Å². The van der Waals surface area contributed by atoms with E-state index in [9.17, 15) is 24.0 Å². The van der Waals surface area contributed by atoms with Crippen molar-refractivity contribution in [2.45, 2.75) is 70.6 Å². The summed E-state index contributed by atoms with van der Waals surface area (Å²) in [6.07, 6.45) is 7.27. The average molecular weight is 873 g/mol. The Labute approximate surface area is 370 Å². The number of benzene rings is 3. The van der Waals surface area contributed by atoms with Gasteiger partial charge in [-0.3, -0.25) is 29.3 Å². The highest BCUT2D eigenvalue weighted by molar-refractivity contribution is 6.07. The molecule has 3 aromatic carbocycles. The first-order chi connectivity index (χ1) is 31.1. The van der Waals surface area contributed by atoms with Crippen molar-refractivity contribution in [2.75, 3.05) is 43.7 Å². The summed E-state index contributed by atoms with van der Waals surface area (Å²) in [6.45, 7) is 4.07. The highest BCUT2D eigenvalue weighted by atomic mass is 16.5. The number of hydrogen-bond donors (Lipinski definition) is 4. The second kappa shape index (κ2) is 21.8. The van der Waals surface area contributed by atoms with Crippen LogP contribution in [0.4, 0.5) is 11.4 Å². The molecule has 18 heteroatoms. The summed E-state index contributed by atoms with van der Waals surface area (Å²) in [6, 6.07) is 20.9. The second-order valence-corrected chi connectivity index (χ2v) is 15.5. The third-order valence-corrected chi connectivity index (χ3v) is 11.0. The molecule has 2 aromatic heterocycles. The van der Waals surface area contributed by atoms with Crippen LogP contribution in [0.5, 0.6) is 5.75 Å². The summed E-state index contributed by atoms with van der Waals surface area (Å²) in [5.74, 6) is 0.394. The Kier molecular flexibility index (Phi) is 15.4. The van der Waals surface area contributed by atoms with Crippen LogP contribution < -0.4 is 26.0 Å². The van der Waals surface area contributed by atoms with E-state index < -0.39 is 11.9 Å². The Morgan fingerprint density at radius 3 is 2.55 bits per heavy atom. The minimum atomic E-state index is -0.732. The molecule has 7 rings (SSSR count). The van der Waals surface area contributed by atoms with E-state index in [2.05, 4.69) is 41.4 Å². The molecule has 2 aliphatic rings. The molecule has 4 heterocycles. The van der Waals surface area contributed by atoms with Gasteiger partial charge in [-0.25, -0.2) is 9.97 Å². The summed E-state index contributed by atoms with van der Waals surface area (Å²) in [5, 5.41) is 20.1. The molecule has 4 N–H and O–H groups in total. The summed E-state index contributed by atoms with van der Waals surface area (Å²) in [4.78, 5) is 72.5. The molecule has 1 saturated heterocycles. The lowest BCUT2D eigenvalue weighted by molar-refractivity contribution is -0.137. The monoisotopic (exact) mass is 872 g/mol. The van der Waals surface area contributed by atoms with Gasteiger partial charge in [-0.15, -0.1) is 10.2 Å². The predicted octanol–water partition coefficient (Wildman–Crippen LogP) is 4.75. The molecule has 2 atom stereocenters. The quantitative estimate of drug-likeness (QED) is 0.0546. The fourth-order valence-corrected chi connectivity index (χ4v) is 7.47. The van der Waals surface area contributed by atoms with Crippen LogP contribution in [0.1, 0.15) is 89.2 Å². The molecule has 0 spiro atoms. The van der Waals surface area contributed by atoms with Crippen molar-refractivity contribution < 1.29 is 38.2 Å². The highest BCUT2D eigenvalue weighted by Gasteiger charge is 2.40. The zero-order valence-corrected chi connectivity index (χ0v) is 35.9. The number of aromatic nitrogens is 5. The topological polar surface area (TPSA) is 221 Å². The number of unbranched alkanes of at least 4 members (excludes halogenated alkanes) is 3. The Hall–Kier alpha value is -7.05. The first-order valence-corrected chi connectivity index (χ1v) is 21.4. The highest BCUT2D eigenvalue weighted by Crippen LogP contribution is 2.32. The van der Waals surface area contributed by atoms with Crippen LogP contribution in [0.2, 0.25) is 0 Å². The lowest BCUT2D eigenvalue weighted by Gasteiger charge is -2.29. The van der Waals surface area contributed by atoms with E-state index >= 15 is 0 Å². The standard InChI is InChI=1S/C46H52N10O8/c1-30(50-44(59)32-11-7-12-33(24-32)48-26-40-53-54-43(55(40)2)38-18-19-47-29-49-38)31-10-8-13-34(25-31)64-21-6-4-3-5-20-62-22-23-63-28-42(58)51-37-15-9-14-35-36(37)27-56(46(35)61)39-16-17-41(57)52-45(39)60/h7-15,18-19,24-25,29-30,39,48H,3-6,16-17,20-23,26-28H2,1-2H3,(H,50,59)(H,51,58)(H,52,57,60)/t30-,39?/m1/s1. The van der Waals surface area contributed by atoms with Crippen LogP contribution in [0.3, 0.4) is 0 Å². The van der Waals surface area contributed by atoms with Gasteiger partial charge in [0, 0.05) is 60.9 Å². The number of fused-ring (bicyclic) bond motifs is 1. The number of nitrogens with zero attached hydrogens (tertiary/aromatic N) is 6. The predicted molar refractivity (Wildman–Crippen MR) is 235 cm³/mol. The SMILES string of the molecule is C[C@@H](NC(=O)c1cccc(NCc2nnc(-c3ccncn3)n2C)c1)c1cccc(OCCCCCCOCCOCC(=O)Nc2cccc3c2CN(C2CCC(=O)NC2=O)C3=O)c1. The van der Waals surface area contributed by atoms with Gasteiger partial charge in [-0.2, -0.15) is 0 Å². The number of imide groups is 1. The number of nitrogens with one attached hydrogen (secondary N) is 4. The van der Waals surface area contributed by atoms with Crippen molar-refractivity contribution in [3.63, 3.8) is 0 Å². The van der Waals surface area contributed by atoms with Crippen LogP contribution in [-0.4, -0.2) is 98.2 Å². The van der Waals surface area contributed by atoms with Gasteiger partial charge in [0.25, 0.3) is 11.8 Å². The minimum absolute atomic E-state index is 0.161. The first-order valence-electron chi connectivity index (χ1n) is 21.4. The van der Waals surface area contributed by atoms with Gasteiger partial charge in [0.05, 0.1) is 32.4 Å². The van der Waals surface area contributed by atoms with E-state index in [1.165, 1.54) is 11.2 Å². The Bertz CT molecular complexity index is 2440. The molecule has 334 valence electrons. The van der Waals surface area contributed by atoms with E-state index in [1.54, 1.807) is 42.6 Å². The van der Waals surface area contributed by atoms with E-state index in [4.69, 9.17) is 14.2 Å². The molecule has 0 saturated carbocycles. The third-order valence-electron chi connectivity index (χ3n) is 11.0. The molecule has 5 amide bonds. The van der Waals surface area contributed by atoms with Gasteiger partial charge in [0.15, 0.2) is 11.6 Å². The molecule has 18 nitrogen and oxygen atoms in total. The third kappa shape index (κ3) is 11.7. The number of carbonyl (C=O) groups excluding carboxylic acids is 5. The number of anilines is 2. The second-order valence-electron chi connectivity index (χ2n) is 15.5. The minimum Gasteiger partial charge on any atom is -0.494 e. The van der Waals surface area contributed by atoms with Crippen LogP contribution in [-0.2, 0) is 44.0 Å². The first kappa shape index (κ1) is 45.0. The summed E-state index contributed by atoms with van der Waals surface area (Å²) < 4.78 is 19.1. The number of amides is 5. The lowest BCUT2D eigenvalue weighted by Crippen LogP contribution is -2.52. The number of rotatable bonds is 22. The van der Waals surface area contributed by atoms with E-state index in [1.807, 2.05) is 54.9 Å². The smallest absolute Gasteiger partial charge is 0.255 e. The van der Waals surface area contributed by atoms with Gasteiger partial charge in [0.2, 0.25) is 17.7 Å². The maximum Gasteiger partial charge on any atom is 0.255 e. The Morgan fingerprint density at radius 2 is 1.72 bits per heavy atom. The molecular formula is C46H52N10O8. The number of piperidine rings is 1. The zero-order chi connectivity index (χ0) is 44.8. The maximum atomic E-state index is 13.3. The lowest BCUT2D eigenvalue weighted by atomic mass is 10.0. The van der Waals surface area contributed by atoms with Crippen molar-refractivity contribution >= 4 is 40.9 Å². The average Bonchev–Trinajstić information content (AvgIpc) is 3.85. The molecule has 64 heavy (non-hydrogen) atoms. The molecule has 1 fully saturated rings. The maximum absolute atomic E-state index is 13.3. The largest absolute Gasteiger partial charge is 0.494 e. The number of hydrogen-bond acceptors (Lipinski definition) is 13. The van der Waals surface area contributed by atoms with Crippen LogP contribution in [0.15, 0.2) is 85.3 Å². The van der Waals surface area contributed by atoms with E-state index in [0.717, 1.165) is 42.7 Å².